The average molecular weight is 407 g/mol. The number of nitrogens with zero attached hydrogens (tertiary/aromatic N) is 2. The first-order valence-corrected chi connectivity index (χ1v) is 10.8. The Kier molecular flexibility index (Phi) is 28.5. The molecular weight excluding hydrogens is 356 g/mol. The molecule has 2 aliphatic rings. The Morgan fingerprint density at radius 1 is 0.750 bits per heavy atom. The van der Waals surface area contributed by atoms with Crippen LogP contribution in [0.2, 0.25) is 0 Å². The van der Waals surface area contributed by atoms with Crippen molar-refractivity contribution in [1.29, 1.82) is 0 Å². The smallest absolute Gasteiger partial charge is 0.0589 e. The predicted octanol–water partition coefficient (Wildman–Crippen LogP) is -0.473. The second kappa shape index (κ2) is 26.7. The lowest BCUT2D eigenvalue weighted by Gasteiger charge is -2.26. The van der Waals surface area contributed by atoms with Gasteiger partial charge in [-0.1, -0.05) is 13.8 Å². The summed E-state index contributed by atoms with van der Waals surface area (Å²) in [5.74, 6) is 0. The molecule has 8 heteroatoms. The lowest BCUT2D eigenvalue weighted by atomic mass is 10.4. The number of nitrogens with one attached hydrogen (secondary N) is 4. The molecule has 0 saturated carbocycles. The van der Waals surface area contributed by atoms with Crippen LogP contribution in [-0.2, 0) is 9.47 Å². The fourth-order valence-electron chi connectivity index (χ4n) is 2.39. The zero-order valence-corrected chi connectivity index (χ0v) is 19.6. The normalized spacial score (nSPS) is 17.4. The topological polar surface area (TPSA) is 73.1 Å². The average Bonchev–Trinajstić information content (AvgIpc) is 2.78. The van der Waals surface area contributed by atoms with Gasteiger partial charge in [-0.25, -0.2) is 0 Å². The van der Waals surface area contributed by atoms with Crippen LogP contribution in [0.25, 0.3) is 0 Å². The third-order valence-corrected chi connectivity index (χ3v) is 4.39. The third-order valence-electron chi connectivity index (χ3n) is 4.39. The Labute approximate surface area is 175 Å². The van der Waals surface area contributed by atoms with Crippen LogP contribution in [0, 0.1) is 0 Å². The SMILES string of the molecule is CCN1CCNCC1.CCNC.CNCCOC.COCCN1CCNCC1. The number of likely N-dealkylation sites (N-methyl/N-ethyl adjacent to an activating group) is 2. The molecule has 2 rings (SSSR count). The van der Waals surface area contributed by atoms with E-state index in [4.69, 9.17) is 9.47 Å². The fraction of sp³-hybridized carbons (Fsp3) is 1.00. The maximum Gasteiger partial charge on any atom is 0.0589 e. The van der Waals surface area contributed by atoms with E-state index in [9.17, 15) is 0 Å². The molecule has 0 atom stereocenters. The number of ether oxygens (including phenoxy) is 2. The minimum Gasteiger partial charge on any atom is -0.383 e. The summed E-state index contributed by atoms with van der Waals surface area (Å²) in [7, 11) is 7.28. The van der Waals surface area contributed by atoms with E-state index in [0.29, 0.717) is 0 Å². The summed E-state index contributed by atoms with van der Waals surface area (Å²) in [4.78, 5) is 4.87. The monoisotopic (exact) mass is 406 g/mol. The van der Waals surface area contributed by atoms with Gasteiger partial charge in [-0.3, -0.25) is 4.90 Å². The molecule has 0 radical (unpaired) electrons. The quantitative estimate of drug-likeness (QED) is 0.403. The van der Waals surface area contributed by atoms with Crippen molar-refractivity contribution in [2.24, 2.45) is 0 Å². The van der Waals surface area contributed by atoms with Gasteiger partial charge in [-0.2, -0.15) is 0 Å². The van der Waals surface area contributed by atoms with Gasteiger partial charge in [0.15, 0.2) is 0 Å². The van der Waals surface area contributed by atoms with E-state index in [2.05, 4.69) is 44.9 Å². The maximum atomic E-state index is 4.98. The number of hydrogen-bond acceptors (Lipinski definition) is 8. The van der Waals surface area contributed by atoms with E-state index >= 15 is 0 Å². The van der Waals surface area contributed by atoms with E-state index < -0.39 is 0 Å². The van der Waals surface area contributed by atoms with E-state index in [0.717, 1.165) is 45.9 Å². The Hall–Kier alpha value is -0.320. The van der Waals surface area contributed by atoms with Gasteiger partial charge in [0.25, 0.3) is 0 Å². The van der Waals surface area contributed by atoms with Crippen molar-refractivity contribution >= 4 is 0 Å². The number of piperazine rings is 2. The van der Waals surface area contributed by atoms with Crippen LogP contribution >= 0.6 is 0 Å². The molecule has 2 aliphatic heterocycles. The Morgan fingerprint density at radius 2 is 1.21 bits per heavy atom. The van der Waals surface area contributed by atoms with E-state index in [1.54, 1.807) is 14.2 Å². The van der Waals surface area contributed by atoms with Gasteiger partial charge in [-0.05, 0) is 27.2 Å². The number of methoxy groups -OCH3 is 2. The van der Waals surface area contributed by atoms with E-state index in [-0.39, 0.29) is 0 Å². The van der Waals surface area contributed by atoms with Gasteiger partial charge in [0.05, 0.1) is 13.2 Å². The van der Waals surface area contributed by atoms with Gasteiger partial charge < -0.3 is 35.6 Å². The molecule has 2 heterocycles. The van der Waals surface area contributed by atoms with Crippen LogP contribution in [0.5, 0.6) is 0 Å². The second-order valence-corrected chi connectivity index (χ2v) is 6.57. The predicted molar refractivity (Wildman–Crippen MR) is 122 cm³/mol. The minimum absolute atomic E-state index is 0.802. The Bertz CT molecular complexity index is 257. The third kappa shape index (κ3) is 23.7. The summed E-state index contributed by atoms with van der Waals surface area (Å²) in [5.41, 5.74) is 0. The highest BCUT2D eigenvalue weighted by Gasteiger charge is 2.07. The highest BCUT2D eigenvalue weighted by Crippen LogP contribution is 1.90. The molecule has 0 aliphatic carbocycles. The first-order valence-electron chi connectivity index (χ1n) is 10.8. The largest absolute Gasteiger partial charge is 0.383 e. The molecule has 0 aromatic heterocycles. The van der Waals surface area contributed by atoms with E-state index in [1.165, 1.54) is 45.8 Å². The maximum absolute atomic E-state index is 4.98. The van der Waals surface area contributed by atoms with Gasteiger partial charge in [0.1, 0.15) is 0 Å². The molecule has 0 spiro atoms. The summed E-state index contributed by atoms with van der Waals surface area (Å²) in [5, 5.41) is 12.5. The molecule has 0 aromatic carbocycles. The highest BCUT2D eigenvalue weighted by atomic mass is 16.5. The molecule has 0 aromatic rings. The van der Waals surface area contributed by atoms with Crippen molar-refractivity contribution in [2.45, 2.75) is 13.8 Å². The van der Waals surface area contributed by atoms with Crippen LogP contribution in [0.1, 0.15) is 13.8 Å². The number of hydrogen-bond donors (Lipinski definition) is 4. The van der Waals surface area contributed by atoms with E-state index in [1.807, 2.05) is 14.1 Å². The van der Waals surface area contributed by atoms with Crippen molar-refractivity contribution < 1.29 is 9.47 Å². The van der Waals surface area contributed by atoms with Crippen LogP contribution in [0.15, 0.2) is 0 Å². The molecule has 28 heavy (non-hydrogen) atoms. The highest BCUT2D eigenvalue weighted by molar-refractivity contribution is 4.66. The molecule has 0 bridgehead atoms. The van der Waals surface area contributed by atoms with Crippen molar-refractivity contribution in [1.82, 2.24) is 31.1 Å². The summed E-state index contributed by atoms with van der Waals surface area (Å²) in [6, 6.07) is 0. The van der Waals surface area contributed by atoms with Gasteiger partial charge in [0.2, 0.25) is 0 Å². The summed E-state index contributed by atoms with van der Waals surface area (Å²) in [6.07, 6.45) is 0. The lowest BCUT2D eigenvalue weighted by molar-refractivity contribution is 0.139. The van der Waals surface area contributed by atoms with Gasteiger partial charge >= 0.3 is 0 Å². The van der Waals surface area contributed by atoms with Crippen molar-refractivity contribution in [2.75, 3.05) is 120 Å². The zero-order chi connectivity index (χ0) is 21.3. The molecule has 0 amide bonds. The first kappa shape index (κ1) is 29.9. The molecule has 8 nitrogen and oxygen atoms in total. The Morgan fingerprint density at radius 3 is 1.50 bits per heavy atom. The van der Waals surface area contributed by atoms with Crippen LogP contribution in [-0.4, -0.2) is 130 Å². The molecule has 2 fully saturated rings. The molecule has 2 saturated heterocycles. The van der Waals surface area contributed by atoms with Gasteiger partial charge in [0, 0.05) is 79.7 Å². The molecule has 172 valence electrons. The second-order valence-electron chi connectivity index (χ2n) is 6.57. The van der Waals surface area contributed by atoms with Crippen molar-refractivity contribution in [3.8, 4) is 0 Å². The van der Waals surface area contributed by atoms with Crippen LogP contribution < -0.4 is 21.3 Å². The standard InChI is InChI=1S/C7H16N2O.C6H14N2.C4H11NO.C3H9N/c1-10-7-6-9-4-2-8-3-5-9;1-2-8-5-3-7-4-6-8;1-5-3-4-6-2;1-3-4-2/h8H,2-7H2,1H3;7H,2-6H2,1H3;5H,3-4H2,1-2H3;4H,3H2,1-2H3. The molecular formula is C20H50N6O2. The summed E-state index contributed by atoms with van der Waals surface area (Å²) >= 11 is 0. The van der Waals surface area contributed by atoms with Crippen LogP contribution in [0.4, 0.5) is 0 Å². The first-order chi connectivity index (χ1) is 13.7. The molecule has 4 N–H and O–H groups in total. The van der Waals surface area contributed by atoms with Crippen LogP contribution in [0.3, 0.4) is 0 Å². The summed E-state index contributed by atoms with van der Waals surface area (Å²) < 4.78 is 9.70. The fourth-order valence-corrected chi connectivity index (χ4v) is 2.39. The summed E-state index contributed by atoms with van der Waals surface area (Å²) in [6.45, 7) is 19.7. The zero-order valence-electron chi connectivity index (χ0n) is 19.6. The lowest BCUT2D eigenvalue weighted by Crippen LogP contribution is -2.44. The van der Waals surface area contributed by atoms with Crippen molar-refractivity contribution in [3.63, 3.8) is 0 Å². The Balaban J connectivity index is 0. The minimum atomic E-state index is 0.802. The van der Waals surface area contributed by atoms with Crippen molar-refractivity contribution in [3.05, 3.63) is 0 Å². The number of rotatable bonds is 8. The molecule has 0 unspecified atom stereocenters. The van der Waals surface area contributed by atoms with Gasteiger partial charge in [-0.15, -0.1) is 0 Å².